The molecule has 14 atom stereocenters. The fraction of sp³-hybridized carbons (Fsp3) is 0.900. The molecule has 6 rings (SSSR count). The van der Waals surface area contributed by atoms with Crippen molar-refractivity contribution in [3.63, 3.8) is 0 Å². The van der Waals surface area contributed by atoms with Crippen LogP contribution in [0.15, 0.2) is 11.6 Å². The van der Waals surface area contributed by atoms with Crippen molar-refractivity contribution >= 4 is 5.97 Å². The van der Waals surface area contributed by atoms with Crippen molar-refractivity contribution in [2.45, 2.75) is 114 Å². The van der Waals surface area contributed by atoms with E-state index in [0.29, 0.717) is 19.3 Å². The average molecular weight is 567 g/mol. The van der Waals surface area contributed by atoms with Crippen molar-refractivity contribution in [3.05, 3.63) is 11.6 Å². The molecule has 0 unspecified atom stereocenters. The van der Waals surface area contributed by atoms with Gasteiger partial charge in [0.2, 0.25) is 0 Å². The Hall–Kier alpha value is -1.11. The molecule has 4 saturated carbocycles. The first-order valence-corrected chi connectivity index (χ1v) is 15.0. The molecule has 5 fully saturated rings. The molecule has 0 aromatic carbocycles. The third kappa shape index (κ3) is 4.16. The maximum absolute atomic E-state index is 12.4. The summed E-state index contributed by atoms with van der Waals surface area (Å²) in [6.07, 6.45) is 1.58. The third-order valence-electron chi connectivity index (χ3n) is 12.3. The van der Waals surface area contributed by atoms with Crippen LogP contribution in [0.2, 0.25) is 0 Å². The van der Waals surface area contributed by atoms with Gasteiger partial charge in [0.05, 0.1) is 24.4 Å². The average Bonchev–Trinajstić information content (AvgIpc) is 3.45. The quantitative estimate of drug-likeness (QED) is 0.241. The highest BCUT2D eigenvalue weighted by atomic mass is 16.7. The number of ether oxygens (including phenoxy) is 4. The molecular formula is C30H46O10. The number of methoxy groups -OCH3 is 1. The van der Waals surface area contributed by atoms with Crippen molar-refractivity contribution in [2.75, 3.05) is 20.3 Å². The summed E-state index contributed by atoms with van der Waals surface area (Å²) in [6, 6.07) is 0. The van der Waals surface area contributed by atoms with Crippen LogP contribution in [0.25, 0.3) is 0 Å². The van der Waals surface area contributed by atoms with Gasteiger partial charge in [0, 0.05) is 18.6 Å². The lowest BCUT2D eigenvalue weighted by atomic mass is 9.42. The van der Waals surface area contributed by atoms with Crippen LogP contribution in [0.3, 0.4) is 0 Å². The number of hydrogen-bond donors (Lipinski definition) is 5. The summed E-state index contributed by atoms with van der Waals surface area (Å²) in [5.41, 5.74) is -0.652. The topological polar surface area (TPSA) is 155 Å². The van der Waals surface area contributed by atoms with E-state index in [1.807, 2.05) is 0 Å². The van der Waals surface area contributed by atoms with E-state index in [4.69, 9.17) is 18.9 Å². The summed E-state index contributed by atoms with van der Waals surface area (Å²) in [4.78, 5) is 11.8. The Morgan fingerprint density at radius 3 is 2.52 bits per heavy atom. The Morgan fingerprint density at radius 1 is 1.07 bits per heavy atom. The van der Waals surface area contributed by atoms with Gasteiger partial charge in [0.25, 0.3) is 0 Å². The first-order chi connectivity index (χ1) is 19.0. The zero-order valence-corrected chi connectivity index (χ0v) is 23.8. The molecule has 10 nitrogen and oxygen atoms in total. The Labute approximate surface area is 235 Å². The molecule has 2 heterocycles. The molecule has 0 bridgehead atoms. The maximum atomic E-state index is 12.4. The number of carbonyl (C=O) groups is 1. The van der Waals surface area contributed by atoms with E-state index in [2.05, 4.69) is 13.8 Å². The number of carbonyl (C=O) groups excluding carboxylic acids is 1. The lowest BCUT2D eigenvalue weighted by molar-refractivity contribution is -0.320. The Bertz CT molecular complexity index is 1020. The van der Waals surface area contributed by atoms with Crippen molar-refractivity contribution in [2.24, 2.45) is 34.5 Å². The van der Waals surface area contributed by atoms with Gasteiger partial charge < -0.3 is 44.5 Å². The number of rotatable bonds is 5. The molecule has 226 valence electrons. The fourth-order valence-electron chi connectivity index (χ4n) is 10.2. The van der Waals surface area contributed by atoms with Crippen molar-refractivity contribution in [1.29, 1.82) is 0 Å². The summed E-state index contributed by atoms with van der Waals surface area (Å²) in [5, 5.41) is 54.9. The fourth-order valence-corrected chi connectivity index (χ4v) is 10.2. The monoisotopic (exact) mass is 566 g/mol. The maximum Gasteiger partial charge on any atom is 0.331 e. The highest BCUT2D eigenvalue weighted by Gasteiger charge is 2.70. The van der Waals surface area contributed by atoms with Crippen LogP contribution in [0, 0.1) is 34.5 Å². The number of aliphatic hydroxyl groups is 5. The second-order valence-electron chi connectivity index (χ2n) is 13.9. The van der Waals surface area contributed by atoms with Crippen molar-refractivity contribution in [1.82, 2.24) is 0 Å². The van der Waals surface area contributed by atoms with E-state index in [-0.39, 0.29) is 47.8 Å². The van der Waals surface area contributed by atoms with Crippen LogP contribution in [0.5, 0.6) is 0 Å². The van der Waals surface area contributed by atoms with Gasteiger partial charge in [0.15, 0.2) is 6.29 Å². The van der Waals surface area contributed by atoms with Crippen LogP contribution in [-0.4, -0.2) is 100 Å². The Kier molecular flexibility index (Phi) is 7.43. The van der Waals surface area contributed by atoms with Gasteiger partial charge in [-0.25, -0.2) is 4.79 Å². The predicted octanol–water partition coefficient (Wildman–Crippen LogP) is 1.05. The minimum atomic E-state index is -1.19. The van der Waals surface area contributed by atoms with Gasteiger partial charge in [0.1, 0.15) is 31.0 Å². The van der Waals surface area contributed by atoms with Gasteiger partial charge in [-0.05, 0) is 86.0 Å². The summed E-state index contributed by atoms with van der Waals surface area (Å²) in [6.45, 7) is 4.24. The molecule has 10 heteroatoms. The SMILES string of the molecule is CO[C@@H]1[C@@H](O)[C@H](O[C@H]2CC[C@@]3(C)[C@H](CC[C@H]4[C@@H]3[C@H](O)C[C@]3(C)[C@@H](C5=CC(=O)OC5)CC[C@]43O)C2)O[C@H](CO)[C@H]1O. The standard InChI is InChI=1S/C30H46O10/c1-28-8-6-17(39-27-25(35)26(37-3)24(34)21(13-31)40-27)11-16(28)4-5-19-23(28)20(32)12-29(2)18(7-9-30(19,29)36)15-10-22(33)38-14-15/h10,16-21,23-27,31-32,34-36H,4-9,11-14H2,1-3H3/t16-,17+,18-,19+,20-,21-,23-,24-,25-,26+,27-,28+,29-,30+/m1/s1. The molecule has 2 aliphatic heterocycles. The Balaban J connectivity index is 1.18. The molecule has 5 N–H and O–H groups in total. The lowest BCUT2D eigenvalue weighted by Gasteiger charge is -2.65. The molecule has 4 aliphatic carbocycles. The number of aliphatic hydroxyl groups excluding tert-OH is 4. The van der Waals surface area contributed by atoms with Gasteiger partial charge in [-0.2, -0.15) is 0 Å². The van der Waals surface area contributed by atoms with E-state index in [0.717, 1.165) is 37.7 Å². The van der Waals surface area contributed by atoms with Gasteiger partial charge in [-0.3, -0.25) is 0 Å². The highest BCUT2D eigenvalue weighted by molar-refractivity contribution is 5.85. The van der Waals surface area contributed by atoms with E-state index in [1.165, 1.54) is 7.11 Å². The lowest BCUT2D eigenvalue weighted by Crippen LogP contribution is -2.66. The largest absolute Gasteiger partial charge is 0.458 e. The van der Waals surface area contributed by atoms with E-state index in [9.17, 15) is 30.3 Å². The summed E-state index contributed by atoms with van der Waals surface area (Å²) in [7, 11) is 1.40. The van der Waals surface area contributed by atoms with Gasteiger partial charge in [-0.15, -0.1) is 0 Å². The Morgan fingerprint density at radius 2 is 1.85 bits per heavy atom. The zero-order valence-electron chi connectivity index (χ0n) is 23.8. The molecule has 40 heavy (non-hydrogen) atoms. The predicted molar refractivity (Wildman–Crippen MR) is 141 cm³/mol. The third-order valence-corrected chi connectivity index (χ3v) is 12.3. The molecular weight excluding hydrogens is 520 g/mol. The first-order valence-electron chi connectivity index (χ1n) is 15.0. The molecule has 0 aromatic rings. The van der Waals surface area contributed by atoms with Gasteiger partial charge >= 0.3 is 5.97 Å². The molecule has 0 aromatic heterocycles. The van der Waals surface area contributed by atoms with E-state index in [1.54, 1.807) is 6.08 Å². The van der Waals surface area contributed by atoms with Crippen LogP contribution >= 0.6 is 0 Å². The van der Waals surface area contributed by atoms with Crippen LogP contribution < -0.4 is 0 Å². The molecule has 0 spiro atoms. The second kappa shape index (κ2) is 10.3. The first kappa shape index (κ1) is 29.0. The van der Waals surface area contributed by atoms with Crippen molar-refractivity contribution in [3.8, 4) is 0 Å². The minimum Gasteiger partial charge on any atom is -0.458 e. The zero-order chi connectivity index (χ0) is 28.6. The molecule has 6 aliphatic rings. The van der Waals surface area contributed by atoms with E-state index < -0.39 is 54.4 Å². The van der Waals surface area contributed by atoms with E-state index >= 15 is 0 Å². The summed E-state index contributed by atoms with van der Waals surface area (Å²) >= 11 is 0. The van der Waals surface area contributed by atoms with Crippen LogP contribution in [-0.2, 0) is 23.7 Å². The van der Waals surface area contributed by atoms with Gasteiger partial charge in [-0.1, -0.05) is 13.8 Å². The molecule has 0 radical (unpaired) electrons. The summed E-state index contributed by atoms with van der Waals surface area (Å²) in [5.74, 6) is -0.0891. The second-order valence-corrected chi connectivity index (χ2v) is 13.9. The molecule has 0 amide bonds. The van der Waals surface area contributed by atoms with Crippen LogP contribution in [0.4, 0.5) is 0 Å². The minimum absolute atomic E-state index is 0.0216. The van der Waals surface area contributed by atoms with Crippen molar-refractivity contribution < 1.29 is 49.3 Å². The number of cyclic esters (lactones) is 1. The normalized spacial score (nSPS) is 54.2. The molecule has 1 saturated heterocycles. The highest BCUT2D eigenvalue weighted by Crippen LogP contribution is 2.70. The number of esters is 1. The number of fused-ring (bicyclic) bond motifs is 5. The number of hydrogen-bond acceptors (Lipinski definition) is 10. The van der Waals surface area contributed by atoms with Crippen LogP contribution in [0.1, 0.15) is 65.2 Å². The summed E-state index contributed by atoms with van der Waals surface area (Å²) < 4.78 is 22.5. The smallest absolute Gasteiger partial charge is 0.331 e.